The number of rotatable bonds is 10. The Labute approximate surface area is 410 Å². The molecule has 0 atom stereocenters. The van der Waals surface area contributed by atoms with Crippen molar-refractivity contribution in [2.75, 3.05) is 9.80 Å². The van der Waals surface area contributed by atoms with Crippen LogP contribution in [0.15, 0.2) is 182 Å². The lowest BCUT2D eigenvalue weighted by Crippen LogP contribution is -2.10. The molecular formula is C66H58N4. The summed E-state index contributed by atoms with van der Waals surface area (Å²) in [5.74, 6) is 1.69. The van der Waals surface area contributed by atoms with Crippen LogP contribution in [0, 0.1) is 0 Å². The van der Waals surface area contributed by atoms with Crippen LogP contribution in [0.5, 0.6) is 0 Å². The first-order valence-corrected chi connectivity index (χ1v) is 25.4. The smallest absolute Gasteiger partial charge is 0.0634 e. The normalized spacial score (nSPS) is 12.5. The van der Waals surface area contributed by atoms with E-state index in [0.717, 1.165) is 34.1 Å². The molecule has 4 heterocycles. The molecule has 0 aliphatic carbocycles. The molecule has 0 saturated carbocycles. The molecule has 0 unspecified atom stereocenters. The Morgan fingerprint density at radius 3 is 0.871 bits per heavy atom. The van der Waals surface area contributed by atoms with Gasteiger partial charge in [0.1, 0.15) is 0 Å². The maximum atomic E-state index is 2.63. The zero-order valence-corrected chi connectivity index (χ0v) is 41.4. The summed E-state index contributed by atoms with van der Waals surface area (Å²) in [6.07, 6.45) is 0. The summed E-state index contributed by atoms with van der Waals surface area (Å²) in [5.41, 5.74) is 19.8. The van der Waals surface area contributed by atoms with Crippen molar-refractivity contribution in [2.24, 2.45) is 0 Å². The molecule has 0 spiro atoms. The SMILES string of the molecule is CC(C)c1ccc(N(c2ccccc2)c2ccc3c4c5c6ccc(C(C)C)cc6n6c7cc(N(c8ccccc8)c8ccc(C(C)C)cc8)ccc7c(c7c8ccc(C(C)C)cc8n(c3c2)c74)c56)cc1. The van der Waals surface area contributed by atoms with Gasteiger partial charge in [0.05, 0.1) is 33.1 Å². The fourth-order valence-electron chi connectivity index (χ4n) is 11.7. The van der Waals surface area contributed by atoms with Crippen LogP contribution in [0.2, 0.25) is 0 Å². The molecule has 9 aromatic carbocycles. The molecular weight excluding hydrogens is 849 g/mol. The Morgan fingerprint density at radius 2 is 0.543 bits per heavy atom. The van der Waals surface area contributed by atoms with Gasteiger partial charge in [-0.15, -0.1) is 0 Å². The topological polar surface area (TPSA) is 15.3 Å². The standard InChI is InChI=1S/C66H58N4/c1-39(2)43-19-25-49(26-20-43)67(47-15-11-9-12-16-47)51-29-33-55-59(37-51)69-57-35-45(41(5)6)23-31-53(57)62-64-56-34-30-52(68(48-17-13-10-14-18-48)50-27-21-44(22-28-50)40(3)4)38-60(56)70-58-36-46(42(7)8)24-32-54(58)61(66(64)70)63(55)65(62)69/h9-42H,1-8H3. The van der Waals surface area contributed by atoms with E-state index in [1.54, 1.807) is 0 Å². The zero-order chi connectivity index (χ0) is 47.7. The van der Waals surface area contributed by atoms with E-state index in [2.05, 4.69) is 256 Å². The molecule has 0 bridgehead atoms. The number of fused-ring (bicyclic) bond motifs is 14. The van der Waals surface area contributed by atoms with Gasteiger partial charge in [-0.25, -0.2) is 0 Å². The molecule has 0 N–H and O–H groups in total. The Morgan fingerprint density at radius 1 is 0.271 bits per heavy atom. The van der Waals surface area contributed by atoms with Gasteiger partial charge in [-0.1, -0.05) is 152 Å². The number of benzene rings is 9. The number of nitrogens with zero attached hydrogens (tertiary/aromatic N) is 4. The Hall–Kier alpha value is -7.82. The predicted octanol–water partition coefficient (Wildman–Crippen LogP) is 19.4. The number of hydrogen-bond donors (Lipinski definition) is 0. The van der Waals surface area contributed by atoms with E-state index in [1.165, 1.54) is 98.4 Å². The van der Waals surface area contributed by atoms with E-state index in [9.17, 15) is 0 Å². The third kappa shape index (κ3) is 6.21. The van der Waals surface area contributed by atoms with Crippen molar-refractivity contribution in [1.29, 1.82) is 0 Å². The first-order chi connectivity index (χ1) is 34.0. The summed E-state index contributed by atoms with van der Waals surface area (Å²) in [6.45, 7) is 18.3. The first kappa shape index (κ1) is 42.3. The second-order valence-corrected chi connectivity index (χ2v) is 21.0. The van der Waals surface area contributed by atoms with E-state index in [4.69, 9.17) is 0 Å². The van der Waals surface area contributed by atoms with Crippen molar-refractivity contribution in [1.82, 2.24) is 8.80 Å². The second-order valence-electron chi connectivity index (χ2n) is 21.0. The van der Waals surface area contributed by atoms with E-state index in [-0.39, 0.29) is 0 Å². The summed E-state index contributed by atoms with van der Waals surface area (Å²) in [5, 5.41) is 10.5. The monoisotopic (exact) mass is 906 g/mol. The lowest BCUT2D eigenvalue weighted by molar-refractivity contribution is 0.866. The van der Waals surface area contributed by atoms with Crippen molar-refractivity contribution in [3.8, 4) is 0 Å². The molecule has 0 aliphatic heterocycles. The molecule has 0 saturated heterocycles. The number of para-hydroxylation sites is 2. The first-order valence-electron chi connectivity index (χ1n) is 25.4. The molecule has 4 nitrogen and oxygen atoms in total. The van der Waals surface area contributed by atoms with E-state index < -0.39 is 0 Å². The van der Waals surface area contributed by atoms with Gasteiger partial charge in [0, 0.05) is 77.2 Å². The summed E-state index contributed by atoms with van der Waals surface area (Å²) >= 11 is 0. The van der Waals surface area contributed by atoms with E-state index >= 15 is 0 Å². The second kappa shape index (κ2) is 15.9. The van der Waals surface area contributed by atoms with Crippen molar-refractivity contribution in [2.45, 2.75) is 79.1 Å². The Bertz CT molecular complexity index is 3830. The minimum Gasteiger partial charge on any atom is -0.310 e. The van der Waals surface area contributed by atoms with Crippen LogP contribution in [-0.4, -0.2) is 8.80 Å². The molecule has 70 heavy (non-hydrogen) atoms. The van der Waals surface area contributed by atoms with Gasteiger partial charge in [-0.05, 0) is 131 Å². The lowest BCUT2D eigenvalue weighted by Gasteiger charge is -2.26. The zero-order valence-electron chi connectivity index (χ0n) is 41.4. The number of anilines is 6. The maximum absolute atomic E-state index is 2.63. The molecule has 13 rings (SSSR count). The van der Waals surface area contributed by atoms with Crippen LogP contribution in [0.3, 0.4) is 0 Å². The molecule has 4 heteroatoms. The maximum Gasteiger partial charge on any atom is 0.0634 e. The van der Waals surface area contributed by atoms with Crippen molar-refractivity contribution in [3.05, 3.63) is 204 Å². The van der Waals surface area contributed by atoms with Crippen LogP contribution in [0.4, 0.5) is 34.1 Å². The minimum atomic E-state index is 0.384. The van der Waals surface area contributed by atoms with Gasteiger partial charge in [0.2, 0.25) is 0 Å². The highest BCUT2D eigenvalue weighted by Gasteiger charge is 2.30. The Kier molecular flexibility index (Phi) is 9.59. The van der Waals surface area contributed by atoms with Gasteiger partial charge in [-0.3, -0.25) is 0 Å². The minimum absolute atomic E-state index is 0.384. The van der Waals surface area contributed by atoms with Crippen LogP contribution < -0.4 is 9.80 Å². The van der Waals surface area contributed by atoms with Crippen LogP contribution >= 0.6 is 0 Å². The van der Waals surface area contributed by atoms with Gasteiger partial charge in [0.15, 0.2) is 0 Å². The van der Waals surface area contributed by atoms with Crippen LogP contribution in [-0.2, 0) is 0 Å². The molecule has 13 aromatic rings. The predicted molar refractivity (Wildman–Crippen MR) is 301 cm³/mol. The van der Waals surface area contributed by atoms with Gasteiger partial charge in [0.25, 0.3) is 0 Å². The lowest BCUT2D eigenvalue weighted by atomic mass is 9.95. The molecule has 0 amide bonds. The fraction of sp³-hybridized carbons (Fsp3) is 0.182. The summed E-state index contributed by atoms with van der Waals surface area (Å²) in [6, 6.07) is 69.0. The fourth-order valence-corrected chi connectivity index (χ4v) is 11.7. The van der Waals surface area contributed by atoms with Crippen LogP contribution in [0.25, 0.3) is 76.2 Å². The molecule has 0 radical (unpaired) electrons. The number of aromatic nitrogens is 2. The van der Waals surface area contributed by atoms with Crippen molar-refractivity contribution >= 4 is 110 Å². The highest BCUT2D eigenvalue weighted by molar-refractivity contribution is 6.45. The average molecular weight is 907 g/mol. The molecule has 0 fully saturated rings. The summed E-state index contributed by atoms with van der Waals surface area (Å²) < 4.78 is 5.25. The van der Waals surface area contributed by atoms with Crippen molar-refractivity contribution < 1.29 is 0 Å². The molecule has 4 aromatic heterocycles. The van der Waals surface area contributed by atoms with E-state index in [1.807, 2.05) is 0 Å². The summed E-state index contributed by atoms with van der Waals surface area (Å²) in [4.78, 5) is 4.84. The average Bonchev–Trinajstić information content (AvgIpc) is 4.10. The largest absolute Gasteiger partial charge is 0.310 e. The molecule has 0 aliphatic rings. The van der Waals surface area contributed by atoms with Gasteiger partial charge >= 0.3 is 0 Å². The van der Waals surface area contributed by atoms with Crippen molar-refractivity contribution in [3.63, 3.8) is 0 Å². The number of hydrogen-bond acceptors (Lipinski definition) is 2. The van der Waals surface area contributed by atoms with Crippen LogP contribution in [0.1, 0.15) is 101 Å². The Balaban J connectivity index is 1.16. The third-order valence-corrected chi connectivity index (χ3v) is 15.5. The quantitative estimate of drug-likeness (QED) is 0.136. The molecule has 342 valence electrons. The summed E-state index contributed by atoms with van der Waals surface area (Å²) in [7, 11) is 0. The highest BCUT2D eigenvalue weighted by Crippen LogP contribution is 2.53. The third-order valence-electron chi connectivity index (χ3n) is 15.5. The highest BCUT2D eigenvalue weighted by atomic mass is 15.1. The van der Waals surface area contributed by atoms with Gasteiger partial charge in [-0.2, -0.15) is 0 Å². The van der Waals surface area contributed by atoms with Gasteiger partial charge < -0.3 is 18.6 Å². The van der Waals surface area contributed by atoms with E-state index in [0.29, 0.717) is 23.7 Å².